The standard InChI is InChI=1S/C11H12N4OS/c1-7-4-9(16-15-7)6-14-10-5-8(11(12)17)2-3-13-10/h2-5H,6H2,1H3,(H2,12,17)(H,13,14). The fourth-order valence-electron chi connectivity index (χ4n) is 1.36. The van der Waals surface area contributed by atoms with Crippen LogP contribution in [0.4, 0.5) is 5.82 Å². The molecule has 0 aromatic carbocycles. The number of anilines is 1. The zero-order valence-corrected chi connectivity index (χ0v) is 10.1. The van der Waals surface area contributed by atoms with Gasteiger partial charge in [0.25, 0.3) is 0 Å². The molecule has 6 heteroatoms. The molecule has 0 unspecified atom stereocenters. The van der Waals surface area contributed by atoms with E-state index in [4.69, 9.17) is 22.5 Å². The van der Waals surface area contributed by atoms with Crippen molar-refractivity contribution in [1.82, 2.24) is 10.1 Å². The van der Waals surface area contributed by atoms with Gasteiger partial charge in [-0.25, -0.2) is 4.98 Å². The molecule has 0 aliphatic heterocycles. The second kappa shape index (κ2) is 4.92. The van der Waals surface area contributed by atoms with Gasteiger partial charge in [0.05, 0.1) is 12.2 Å². The topological polar surface area (TPSA) is 77.0 Å². The largest absolute Gasteiger partial charge is 0.389 e. The Morgan fingerprint density at radius 3 is 3.00 bits per heavy atom. The van der Waals surface area contributed by atoms with Gasteiger partial charge >= 0.3 is 0 Å². The van der Waals surface area contributed by atoms with Crippen molar-refractivity contribution in [3.63, 3.8) is 0 Å². The number of rotatable bonds is 4. The highest BCUT2D eigenvalue weighted by Gasteiger charge is 2.02. The number of nitrogens with two attached hydrogens (primary N) is 1. The summed E-state index contributed by atoms with van der Waals surface area (Å²) in [5, 5.41) is 6.91. The third kappa shape index (κ3) is 3.01. The van der Waals surface area contributed by atoms with Gasteiger partial charge in [0.2, 0.25) is 0 Å². The summed E-state index contributed by atoms with van der Waals surface area (Å²) in [5.74, 6) is 1.45. The summed E-state index contributed by atoms with van der Waals surface area (Å²) in [4.78, 5) is 4.51. The minimum Gasteiger partial charge on any atom is -0.389 e. The zero-order valence-electron chi connectivity index (χ0n) is 9.30. The first-order chi connectivity index (χ1) is 8.15. The number of thiocarbonyl (C=S) groups is 1. The minimum atomic E-state index is 0.353. The third-order valence-electron chi connectivity index (χ3n) is 2.16. The molecule has 0 radical (unpaired) electrons. The number of aryl methyl sites for hydroxylation is 1. The molecule has 0 aliphatic rings. The number of nitrogens with zero attached hydrogens (tertiary/aromatic N) is 2. The van der Waals surface area contributed by atoms with E-state index in [1.807, 2.05) is 13.0 Å². The van der Waals surface area contributed by atoms with Crippen LogP contribution in [0.3, 0.4) is 0 Å². The Morgan fingerprint density at radius 1 is 1.53 bits per heavy atom. The van der Waals surface area contributed by atoms with Gasteiger partial charge in [0.1, 0.15) is 10.8 Å². The van der Waals surface area contributed by atoms with Gasteiger partial charge in [0, 0.05) is 17.8 Å². The van der Waals surface area contributed by atoms with Crippen molar-refractivity contribution < 1.29 is 4.52 Å². The second-order valence-corrected chi connectivity index (χ2v) is 4.02. The van der Waals surface area contributed by atoms with Gasteiger partial charge in [-0.15, -0.1) is 0 Å². The summed E-state index contributed by atoms with van der Waals surface area (Å²) >= 11 is 4.90. The van der Waals surface area contributed by atoms with Gasteiger partial charge in [0.15, 0.2) is 5.76 Å². The van der Waals surface area contributed by atoms with Crippen molar-refractivity contribution in [2.24, 2.45) is 5.73 Å². The Labute approximate surface area is 104 Å². The molecular weight excluding hydrogens is 236 g/mol. The van der Waals surface area contributed by atoms with Crippen LogP contribution in [0.15, 0.2) is 28.9 Å². The van der Waals surface area contributed by atoms with Gasteiger partial charge in [-0.05, 0) is 19.1 Å². The van der Waals surface area contributed by atoms with Gasteiger partial charge in [-0.3, -0.25) is 0 Å². The van der Waals surface area contributed by atoms with E-state index in [9.17, 15) is 0 Å². The lowest BCUT2D eigenvalue weighted by atomic mass is 10.2. The number of aromatic nitrogens is 2. The molecule has 0 saturated carbocycles. The SMILES string of the molecule is Cc1cc(CNc2cc(C(N)=S)ccn2)on1. The first-order valence-electron chi connectivity index (χ1n) is 5.07. The molecule has 2 heterocycles. The van der Waals surface area contributed by atoms with Crippen molar-refractivity contribution >= 4 is 23.0 Å². The van der Waals surface area contributed by atoms with Crippen LogP contribution in [-0.2, 0) is 6.54 Å². The average Bonchev–Trinajstić information content (AvgIpc) is 2.73. The molecule has 2 aromatic rings. The van der Waals surface area contributed by atoms with E-state index < -0.39 is 0 Å². The molecule has 0 spiro atoms. The lowest BCUT2D eigenvalue weighted by Crippen LogP contribution is -2.10. The summed E-state index contributed by atoms with van der Waals surface area (Å²) in [6.07, 6.45) is 1.66. The summed E-state index contributed by atoms with van der Waals surface area (Å²) in [5.41, 5.74) is 7.18. The summed E-state index contributed by atoms with van der Waals surface area (Å²) in [7, 11) is 0. The summed E-state index contributed by atoms with van der Waals surface area (Å²) < 4.78 is 5.07. The number of nitrogens with one attached hydrogen (secondary N) is 1. The molecule has 88 valence electrons. The highest BCUT2D eigenvalue weighted by molar-refractivity contribution is 7.80. The molecule has 2 aromatic heterocycles. The molecule has 3 N–H and O–H groups in total. The number of hydrogen-bond acceptors (Lipinski definition) is 5. The molecule has 0 saturated heterocycles. The van der Waals surface area contributed by atoms with Crippen molar-refractivity contribution in [2.45, 2.75) is 13.5 Å². The minimum absolute atomic E-state index is 0.353. The van der Waals surface area contributed by atoms with Crippen molar-refractivity contribution in [1.29, 1.82) is 0 Å². The highest BCUT2D eigenvalue weighted by Crippen LogP contribution is 2.09. The van der Waals surface area contributed by atoms with E-state index in [1.54, 1.807) is 18.3 Å². The van der Waals surface area contributed by atoms with Crippen LogP contribution in [-0.4, -0.2) is 15.1 Å². The lowest BCUT2D eigenvalue weighted by molar-refractivity contribution is 0.384. The van der Waals surface area contributed by atoms with Crippen LogP contribution in [0.1, 0.15) is 17.0 Å². The van der Waals surface area contributed by atoms with Gasteiger partial charge in [-0.1, -0.05) is 17.4 Å². The van der Waals surface area contributed by atoms with Crippen LogP contribution in [0.5, 0.6) is 0 Å². The maximum absolute atomic E-state index is 5.54. The molecule has 2 rings (SSSR count). The predicted octanol–water partition coefficient (Wildman–Crippen LogP) is 1.62. The normalized spacial score (nSPS) is 10.2. The number of hydrogen-bond donors (Lipinski definition) is 2. The van der Waals surface area contributed by atoms with Crippen LogP contribution < -0.4 is 11.1 Å². The maximum atomic E-state index is 5.54. The monoisotopic (exact) mass is 248 g/mol. The van der Waals surface area contributed by atoms with Gasteiger partial charge < -0.3 is 15.6 Å². The first-order valence-corrected chi connectivity index (χ1v) is 5.48. The van der Waals surface area contributed by atoms with E-state index in [-0.39, 0.29) is 0 Å². The molecule has 5 nitrogen and oxygen atoms in total. The molecular formula is C11H12N4OS. The highest BCUT2D eigenvalue weighted by atomic mass is 32.1. The molecule has 17 heavy (non-hydrogen) atoms. The van der Waals surface area contributed by atoms with Crippen LogP contribution in [0.2, 0.25) is 0 Å². The summed E-state index contributed by atoms with van der Waals surface area (Å²) in [6.45, 7) is 2.40. The summed E-state index contributed by atoms with van der Waals surface area (Å²) in [6, 6.07) is 5.43. The number of pyridine rings is 1. The second-order valence-electron chi connectivity index (χ2n) is 3.58. The Kier molecular flexibility index (Phi) is 3.34. The first kappa shape index (κ1) is 11.5. The molecule has 0 fully saturated rings. The van der Waals surface area contributed by atoms with Crippen molar-refractivity contribution in [3.8, 4) is 0 Å². The van der Waals surface area contributed by atoms with Crippen LogP contribution >= 0.6 is 12.2 Å². The van der Waals surface area contributed by atoms with E-state index in [0.29, 0.717) is 17.4 Å². The van der Waals surface area contributed by atoms with Crippen LogP contribution in [0.25, 0.3) is 0 Å². The van der Waals surface area contributed by atoms with Crippen molar-refractivity contribution in [2.75, 3.05) is 5.32 Å². The quantitative estimate of drug-likeness (QED) is 0.801. The lowest BCUT2D eigenvalue weighted by Gasteiger charge is -2.04. The fourth-order valence-corrected chi connectivity index (χ4v) is 1.48. The Bertz CT molecular complexity index is 538. The predicted molar refractivity (Wildman–Crippen MR) is 68.7 cm³/mol. The van der Waals surface area contributed by atoms with E-state index in [2.05, 4.69) is 15.5 Å². The smallest absolute Gasteiger partial charge is 0.156 e. The maximum Gasteiger partial charge on any atom is 0.156 e. The molecule has 0 bridgehead atoms. The van der Waals surface area contributed by atoms with E-state index >= 15 is 0 Å². The third-order valence-corrected chi connectivity index (χ3v) is 2.40. The molecule has 0 aliphatic carbocycles. The molecule has 0 amide bonds. The zero-order chi connectivity index (χ0) is 12.3. The van der Waals surface area contributed by atoms with Crippen molar-refractivity contribution in [3.05, 3.63) is 41.4 Å². The van der Waals surface area contributed by atoms with Gasteiger partial charge in [-0.2, -0.15) is 0 Å². The molecule has 0 atom stereocenters. The van der Waals surface area contributed by atoms with E-state index in [0.717, 1.165) is 17.0 Å². The Hall–Kier alpha value is -1.95. The fraction of sp³-hybridized carbons (Fsp3) is 0.182. The Morgan fingerprint density at radius 2 is 2.35 bits per heavy atom. The average molecular weight is 248 g/mol. The Balaban J connectivity index is 2.04. The van der Waals surface area contributed by atoms with Crippen LogP contribution in [0, 0.1) is 6.92 Å². The van der Waals surface area contributed by atoms with E-state index in [1.165, 1.54) is 0 Å².